The average molecular weight is 464 g/mol. The molecule has 0 unspecified atom stereocenters. The zero-order valence-electron chi connectivity index (χ0n) is 19.6. The van der Waals surface area contributed by atoms with Crippen molar-refractivity contribution >= 4 is 16.8 Å². The van der Waals surface area contributed by atoms with Crippen LogP contribution in [-0.4, -0.2) is 59.4 Å². The van der Waals surface area contributed by atoms with Gasteiger partial charge in [0.1, 0.15) is 12.1 Å². The SMILES string of the molecule is CN(C)CCNC(=O)c1coc(CN(CCc2c[nH]c3ccccc23)Cc2ccccc2F)n1. The Morgan fingerprint density at radius 3 is 2.68 bits per heavy atom. The van der Waals surface area contributed by atoms with Crippen LogP contribution in [0.3, 0.4) is 0 Å². The van der Waals surface area contributed by atoms with Crippen molar-refractivity contribution in [2.45, 2.75) is 19.5 Å². The smallest absolute Gasteiger partial charge is 0.273 e. The first-order valence-corrected chi connectivity index (χ1v) is 11.4. The lowest BCUT2D eigenvalue weighted by atomic mass is 10.1. The first-order chi connectivity index (χ1) is 16.5. The summed E-state index contributed by atoms with van der Waals surface area (Å²) in [5.74, 6) is -0.0859. The molecule has 0 aliphatic heterocycles. The van der Waals surface area contributed by atoms with Crippen LogP contribution < -0.4 is 5.32 Å². The standard InChI is InChI=1S/C26H30FN5O2/c1-31(2)14-12-28-26(33)24-18-34-25(30-24)17-32(16-20-7-3-5-9-22(20)27)13-11-19-15-29-23-10-6-4-8-21(19)23/h3-10,15,18,29H,11-14,16-17H2,1-2H3,(H,28,33). The highest BCUT2D eigenvalue weighted by Gasteiger charge is 2.17. The predicted molar refractivity (Wildman–Crippen MR) is 130 cm³/mol. The van der Waals surface area contributed by atoms with Crippen molar-refractivity contribution < 1.29 is 13.6 Å². The number of para-hydroxylation sites is 1. The van der Waals surface area contributed by atoms with Gasteiger partial charge < -0.3 is 19.6 Å². The molecule has 178 valence electrons. The van der Waals surface area contributed by atoms with E-state index in [2.05, 4.69) is 26.3 Å². The maximum absolute atomic E-state index is 14.4. The summed E-state index contributed by atoms with van der Waals surface area (Å²) in [7, 11) is 3.89. The van der Waals surface area contributed by atoms with E-state index in [0.717, 1.165) is 18.5 Å². The summed E-state index contributed by atoms with van der Waals surface area (Å²) in [6, 6.07) is 14.9. The van der Waals surface area contributed by atoms with Gasteiger partial charge in [0, 0.05) is 48.8 Å². The van der Waals surface area contributed by atoms with E-state index in [1.165, 1.54) is 23.3 Å². The van der Waals surface area contributed by atoms with Crippen molar-refractivity contribution in [1.82, 2.24) is 25.1 Å². The monoisotopic (exact) mass is 463 g/mol. The fourth-order valence-electron chi connectivity index (χ4n) is 3.86. The van der Waals surface area contributed by atoms with Crippen molar-refractivity contribution in [1.29, 1.82) is 0 Å². The van der Waals surface area contributed by atoms with Crippen LogP contribution in [0, 0.1) is 5.82 Å². The number of hydrogen-bond donors (Lipinski definition) is 2. The first-order valence-electron chi connectivity index (χ1n) is 11.4. The van der Waals surface area contributed by atoms with E-state index in [-0.39, 0.29) is 17.4 Å². The summed E-state index contributed by atoms with van der Waals surface area (Å²) in [5, 5.41) is 4.02. The fourth-order valence-corrected chi connectivity index (χ4v) is 3.86. The zero-order chi connectivity index (χ0) is 23.9. The topological polar surface area (TPSA) is 77.4 Å². The number of hydrogen-bond acceptors (Lipinski definition) is 5. The normalized spacial score (nSPS) is 11.6. The van der Waals surface area contributed by atoms with Gasteiger partial charge in [-0.3, -0.25) is 9.69 Å². The molecule has 4 aromatic rings. The maximum atomic E-state index is 14.4. The van der Waals surface area contributed by atoms with Gasteiger partial charge in [0.05, 0.1) is 6.54 Å². The summed E-state index contributed by atoms with van der Waals surface area (Å²) in [4.78, 5) is 24.1. The Kier molecular flexibility index (Phi) is 7.72. The van der Waals surface area contributed by atoms with E-state index in [1.807, 2.05) is 49.5 Å². The number of nitrogens with zero attached hydrogens (tertiary/aromatic N) is 3. The Labute approximate surface area is 198 Å². The van der Waals surface area contributed by atoms with Crippen molar-refractivity contribution in [3.8, 4) is 0 Å². The van der Waals surface area contributed by atoms with Crippen LogP contribution in [-0.2, 0) is 19.5 Å². The molecule has 7 nitrogen and oxygen atoms in total. The van der Waals surface area contributed by atoms with Crippen LogP contribution in [0.5, 0.6) is 0 Å². The average Bonchev–Trinajstić information content (AvgIpc) is 3.46. The molecular formula is C26H30FN5O2. The van der Waals surface area contributed by atoms with E-state index in [4.69, 9.17) is 4.42 Å². The number of H-pyrrole nitrogens is 1. The van der Waals surface area contributed by atoms with E-state index >= 15 is 0 Å². The Balaban J connectivity index is 1.45. The second-order valence-corrected chi connectivity index (χ2v) is 8.60. The molecule has 0 aliphatic rings. The Bertz CT molecular complexity index is 1230. The van der Waals surface area contributed by atoms with E-state index in [0.29, 0.717) is 37.6 Å². The molecular weight excluding hydrogens is 433 g/mol. The van der Waals surface area contributed by atoms with Crippen LogP contribution >= 0.6 is 0 Å². The molecule has 0 saturated carbocycles. The summed E-state index contributed by atoms with van der Waals surface area (Å²) < 4.78 is 20.0. The molecule has 0 saturated heterocycles. The summed E-state index contributed by atoms with van der Waals surface area (Å²) in [6.45, 7) is 2.70. The number of carbonyl (C=O) groups is 1. The summed E-state index contributed by atoms with van der Waals surface area (Å²) in [5.41, 5.74) is 3.14. The zero-order valence-corrected chi connectivity index (χ0v) is 19.6. The van der Waals surface area contributed by atoms with Crippen molar-refractivity contribution in [3.05, 3.63) is 89.5 Å². The lowest BCUT2D eigenvalue weighted by molar-refractivity contribution is 0.0946. The number of carbonyl (C=O) groups excluding carboxylic acids is 1. The number of aromatic nitrogens is 2. The molecule has 1 amide bonds. The Morgan fingerprint density at radius 2 is 1.85 bits per heavy atom. The molecule has 0 bridgehead atoms. The van der Waals surface area contributed by atoms with E-state index < -0.39 is 0 Å². The molecule has 2 aromatic heterocycles. The number of aromatic amines is 1. The molecule has 0 atom stereocenters. The van der Waals surface area contributed by atoms with Crippen LogP contribution in [0.1, 0.15) is 27.5 Å². The van der Waals surface area contributed by atoms with Gasteiger partial charge in [-0.2, -0.15) is 0 Å². The minimum Gasteiger partial charge on any atom is -0.447 e. The minimum atomic E-state index is -0.267. The van der Waals surface area contributed by atoms with Crippen molar-refractivity contribution in [3.63, 3.8) is 0 Å². The second kappa shape index (κ2) is 11.1. The van der Waals surface area contributed by atoms with E-state index in [9.17, 15) is 9.18 Å². The minimum absolute atomic E-state index is 0.243. The third-order valence-electron chi connectivity index (χ3n) is 5.71. The largest absolute Gasteiger partial charge is 0.447 e. The molecule has 2 aromatic carbocycles. The summed E-state index contributed by atoms with van der Waals surface area (Å²) >= 11 is 0. The molecule has 34 heavy (non-hydrogen) atoms. The Morgan fingerprint density at radius 1 is 1.06 bits per heavy atom. The highest BCUT2D eigenvalue weighted by atomic mass is 19.1. The Hall–Kier alpha value is -3.49. The third kappa shape index (κ3) is 6.09. The molecule has 2 N–H and O–H groups in total. The second-order valence-electron chi connectivity index (χ2n) is 8.60. The van der Waals surface area contributed by atoms with Gasteiger partial charge in [-0.1, -0.05) is 36.4 Å². The van der Waals surface area contributed by atoms with Crippen molar-refractivity contribution in [2.75, 3.05) is 33.7 Å². The highest BCUT2D eigenvalue weighted by Crippen LogP contribution is 2.20. The van der Waals surface area contributed by atoms with Gasteiger partial charge in [0.2, 0.25) is 5.89 Å². The number of oxazole rings is 1. The van der Waals surface area contributed by atoms with Gasteiger partial charge in [-0.15, -0.1) is 0 Å². The van der Waals surface area contributed by atoms with Gasteiger partial charge >= 0.3 is 0 Å². The van der Waals surface area contributed by atoms with Crippen LogP contribution in [0.4, 0.5) is 4.39 Å². The van der Waals surface area contributed by atoms with Gasteiger partial charge in [0.25, 0.3) is 5.91 Å². The maximum Gasteiger partial charge on any atom is 0.273 e. The van der Waals surface area contributed by atoms with Gasteiger partial charge in [-0.25, -0.2) is 9.37 Å². The number of halogens is 1. The lowest BCUT2D eigenvalue weighted by Crippen LogP contribution is -2.31. The van der Waals surface area contributed by atoms with Gasteiger partial charge in [-0.05, 0) is 38.2 Å². The number of fused-ring (bicyclic) bond motifs is 1. The molecule has 2 heterocycles. The number of rotatable bonds is 11. The number of nitrogens with one attached hydrogen (secondary N) is 2. The van der Waals surface area contributed by atoms with Gasteiger partial charge in [0.15, 0.2) is 5.69 Å². The van der Waals surface area contributed by atoms with E-state index in [1.54, 1.807) is 12.1 Å². The first kappa shape index (κ1) is 23.7. The predicted octanol–water partition coefficient (Wildman–Crippen LogP) is 3.83. The van der Waals surface area contributed by atoms with Crippen LogP contribution in [0.15, 0.2) is 65.4 Å². The molecule has 0 spiro atoms. The van der Waals surface area contributed by atoms with Crippen LogP contribution in [0.25, 0.3) is 10.9 Å². The highest BCUT2D eigenvalue weighted by molar-refractivity contribution is 5.91. The molecule has 0 fully saturated rings. The lowest BCUT2D eigenvalue weighted by Gasteiger charge is -2.21. The number of amides is 1. The molecule has 0 aliphatic carbocycles. The summed E-state index contributed by atoms with van der Waals surface area (Å²) in [6.07, 6.45) is 4.17. The molecule has 8 heteroatoms. The number of benzene rings is 2. The quantitative estimate of drug-likeness (QED) is 0.354. The van der Waals surface area contributed by atoms with Crippen LogP contribution in [0.2, 0.25) is 0 Å². The molecule has 4 rings (SSSR count). The number of likely N-dealkylation sites (N-methyl/N-ethyl adjacent to an activating group) is 1. The fraction of sp³-hybridized carbons (Fsp3) is 0.308. The third-order valence-corrected chi connectivity index (χ3v) is 5.71. The van der Waals surface area contributed by atoms with Crippen molar-refractivity contribution in [2.24, 2.45) is 0 Å². The molecule has 0 radical (unpaired) electrons.